The molecule has 1 aliphatic rings. The van der Waals surface area contributed by atoms with E-state index in [9.17, 15) is 0 Å². The van der Waals surface area contributed by atoms with Gasteiger partial charge < -0.3 is 9.32 Å². The molecule has 2 aromatic rings. The number of rotatable bonds is 1. The molecule has 0 bridgehead atoms. The van der Waals surface area contributed by atoms with Crippen LogP contribution in [0.5, 0.6) is 0 Å². The summed E-state index contributed by atoms with van der Waals surface area (Å²) in [5.74, 6) is 0. The van der Waals surface area contributed by atoms with Crippen molar-refractivity contribution in [2.75, 3.05) is 18.0 Å². The van der Waals surface area contributed by atoms with E-state index in [4.69, 9.17) is 9.68 Å². The lowest BCUT2D eigenvalue weighted by atomic mass is 10.2. The van der Waals surface area contributed by atoms with Gasteiger partial charge in [-0.05, 0) is 24.6 Å². The van der Waals surface area contributed by atoms with Crippen LogP contribution in [0.25, 0.3) is 11.1 Å². The number of aromatic nitrogens is 1. The zero-order valence-electron chi connectivity index (χ0n) is 9.26. The molecule has 1 aromatic carbocycles. The van der Waals surface area contributed by atoms with E-state index in [1.165, 1.54) is 0 Å². The average molecular weight is 225 g/mol. The number of nitriles is 1. The molecule has 0 amide bonds. The lowest BCUT2D eigenvalue weighted by molar-refractivity contribution is 0.572. The molecule has 0 radical (unpaired) electrons. The predicted octanol–water partition coefficient (Wildman–Crippen LogP) is 2.47. The molecule has 0 unspecified atom stereocenters. The van der Waals surface area contributed by atoms with Crippen molar-refractivity contribution in [3.8, 4) is 6.07 Å². The van der Waals surface area contributed by atoms with Crippen LogP contribution in [0.1, 0.15) is 12.0 Å². The van der Waals surface area contributed by atoms with Crippen molar-refractivity contribution in [1.82, 2.24) is 4.98 Å². The van der Waals surface area contributed by atoms with Crippen LogP contribution in [-0.4, -0.2) is 18.1 Å². The number of fused-ring (bicyclic) bond motifs is 1. The summed E-state index contributed by atoms with van der Waals surface area (Å²) < 4.78 is 5.68. The quantitative estimate of drug-likeness (QED) is 0.699. The van der Waals surface area contributed by atoms with Gasteiger partial charge in [0, 0.05) is 13.1 Å². The molecule has 0 atom stereocenters. The van der Waals surface area contributed by atoms with Crippen LogP contribution >= 0.6 is 0 Å². The van der Waals surface area contributed by atoms with Crippen molar-refractivity contribution in [3.05, 3.63) is 35.9 Å². The van der Waals surface area contributed by atoms with Crippen LogP contribution in [-0.2, 0) is 0 Å². The zero-order chi connectivity index (χ0) is 11.7. The molecule has 1 aromatic heterocycles. The Hall–Kier alpha value is -2.28. The van der Waals surface area contributed by atoms with Gasteiger partial charge in [0.25, 0.3) is 6.01 Å². The van der Waals surface area contributed by atoms with Crippen molar-refractivity contribution < 1.29 is 4.42 Å². The Balaban J connectivity index is 2.01. The largest absolute Gasteiger partial charge is 0.423 e. The molecule has 0 fully saturated rings. The van der Waals surface area contributed by atoms with E-state index >= 15 is 0 Å². The van der Waals surface area contributed by atoms with Gasteiger partial charge in [0.05, 0.1) is 11.6 Å². The molecule has 1 aliphatic heterocycles. The standard InChI is InChI=1S/C13H11N3O/c14-9-10-4-5-12-11(8-10)15-13(17-12)16-6-2-1-3-7-16/h1-2,4-5,8H,3,6-7H2. The van der Waals surface area contributed by atoms with Gasteiger partial charge >= 0.3 is 0 Å². The second-order valence-corrected chi connectivity index (χ2v) is 4.00. The Morgan fingerprint density at radius 1 is 1.35 bits per heavy atom. The summed E-state index contributed by atoms with van der Waals surface area (Å²) in [5, 5.41) is 8.82. The summed E-state index contributed by atoms with van der Waals surface area (Å²) in [6.07, 6.45) is 5.29. The fraction of sp³-hybridized carbons (Fsp3) is 0.231. The van der Waals surface area contributed by atoms with Gasteiger partial charge in [-0.2, -0.15) is 10.2 Å². The Labute approximate surface area is 98.8 Å². The summed E-state index contributed by atoms with van der Waals surface area (Å²) in [6.45, 7) is 1.76. The number of nitrogens with zero attached hydrogens (tertiary/aromatic N) is 3. The SMILES string of the molecule is N#Cc1ccc2oc(N3CC=CCC3)nc2c1. The molecule has 0 spiro atoms. The van der Waals surface area contributed by atoms with Gasteiger partial charge in [0.2, 0.25) is 0 Å². The topological polar surface area (TPSA) is 53.1 Å². The first kappa shape index (κ1) is 9.91. The highest BCUT2D eigenvalue weighted by Crippen LogP contribution is 2.23. The van der Waals surface area contributed by atoms with E-state index in [1.807, 2.05) is 0 Å². The Bertz CT molecular complexity index is 621. The van der Waals surface area contributed by atoms with Gasteiger partial charge in [-0.1, -0.05) is 12.2 Å². The van der Waals surface area contributed by atoms with Gasteiger partial charge in [0.15, 0.2) is 5.58 Å². The van der Waals surface area contributed by atoms with E-state index in [0.29, 0.717) is 11.6 Å². The number of hydrogen-bond acceptors (Lipinski definition) is 4. The normalized spacial score (nSPS) is 15.1. The maximum absolute atomic E-state index is 8.82. The maximum atomic E-state index is 8.82. The van der Waals surface area contributed by atoms with E-state index < -0.39 is 0 Å². The molecule has 0 saturated heterocycles. The van der Waals surface area contributed by atoms with E-state index in [0.717, 1.165) is 30.6 Å². The summed E-state index contributed by atoms with van der Waals surface area (Å²) in [5.41, 5.74) is 2.08. The third-order valence-electron chi connectivity index (χ3n) is 2.83. The summed E-state index contributed by atoms with van der Waals surface area (Å²) in [6, 6.07) is 8.03. The highest BCUT2D eigenvalue weighted by molar-refractivity contribution is 5.76. The molecule has 0 N–H and O–H groups in total. The number of oxazole rings is 1. The first-order valence-electron chi connectivity index (χ1n) is 5.57. The average Bonchev–Trinajstić information content (AvgIpc) is 2.82. The zero-order valence-corrected chi connectivity index (χ0v) is 9.26. The van der Waals surface area contributed by atoms with E-state index in [-0.39, 0.29) is 0 Å². The minimum absolute atomic E-state index is 0.607. The molecule has 0 saturated carbocycles. The first-order valence-corrected chi connectivity index (χ1v) is 5.57. The van der Waals surface area contributed by atoms with Crippen LogP contribution < -0.4 is 4.90 Å². The smallest absolute Gasteiger partial charge is 0.298 e. The Morgan fingerprint density at radius 3 is 3.06 bits per heavy atom. The van der Waals surface area contributed by atoms with Gasteiger partial charge in [0.1, 0.15) is 5.52 Å². The van der Waals surface area contributed by atoms with Gasteiger partial charge in [-0.15, -0.1) is 0 Å². The van der Waals surface area contributed by atoms with Crippen molar-refractivity contribution in [2.24, 2.45) is 0 Å². The Morgan fingerprint density at radius 2 is 2.29 bits per heavy atom. The molecule has 17 heavy (non-hydrogen) atoms. The number of hydrogen-bond donors (Lipinski definition) is 0. The molecule has 4 heteroatoms. The van der Waals surface area contributed by atoms with E-state index in [1.54, 1.807) is 18.2 Å². The molecule has 0 aliphatic carbocycles. The van der Waals surface area contributed by atoms with Crippen molar-refractivity contribution in [2.45, 2.75) is 6.42 Å². The second kappa shape index (κ2) is 3.95. The summed E-state index contributed by atoms with van der Waals surface area (Å²) >= 11 is 0. The van der Waals surface area contributed by atoms with Crippen LogP contribution in [0, 0.1) is 11.3 Å². The summed E-state index contributed by atoms with van der Waals surface area (Å²) in [4.78, 5) is 6.51. The minimum atomic E-state index is 0.607. The number of benzene rings is 1. The molecule has 84 valence electrons. The molecule has 2 heterocycles. The monoisotopic (exact) mass is 225 g/mol. The predicted molar refractivity (Wildman–Crippen MR) is 64.7 cm³/mol. The van der Waals surface area contributed by atoms with Crippen LogP contribution in [0.2, 0.25) is 0 Å². The maximum Gasteiger partial charge on any atom is 0.298 e. The number of anilines is 1. The van der Waals surface area contributed by atoms with Crippen LogP contribution in [0.4, 0.5) is 6.01 Å². The second-order valence-electron chi connectivity index (χ2n) is 4.00. The highest BCUT2D eigenvalue weighted by atomic mass is 16.4. The molecule has 4 nitrogen and oxygen atoms in total. The fourth-order valence-corrected chi connectivity index (χ4v) is 1.94. The van der Waals surface area contributed by atoms with Crippen molar-refractivity contribution >= 4 is 17.1 Å². The molecule has 3 rings (SSSR count). The lowest BCUT2D eigenvalue weighted by Gasteiger charge is -2.20. The third kappa shape index (κ3) is 1.76. The van der Waals surface area contributed by atoms with Crippen LogP contribution in [0.3, 0.4) is 0 Å². The van der Waals surface area contributed by atoms with Gasteiger partial charge in [-0.3, -0.25) is 0 Å². The minimum Gasteiger partial charge on any atom is -0.423 e. The van der Waals surface area contributed by atoms with Crippen molar-refractivity contribution in [1.29, 1.82) is 5.26 Å². The third-order valence-corrected chi connectivity index (χ3v) is 2.83. The molecular formula is C13H11N3O. The molecular weight excluding hydrogens is 214 g/mol. The summed E-state index contributed by atoms with van der Waals surface area (Å²) in [7, 11) is 0. The van der Waals surface area contributed by atoms with E-state index in [2.05, 4.69) is 28.1 Å². The first-order chi connectivity index (χ1) is 8.36. The fourth-order valence-electron chi connectivity index (χ4n) is 1.94. The van der Waals surface area contributed by atoms with Gasteiger partial charge in [-0.25, -0.2) is 0 Å². The lowest BCUT2D eigenvalue weighted by Crippen LogP contribution is -2.26. The highest BCUT2D eigenvalue weighted by Gasteiger charge is 2.14. The Kier molecular flexibility index (Phi) is 2.30. The van der Waals surface area contributed by atoms with Crippen LogP contribution in [0.15, 0.2) is 34.8 Å². The van der Waals surface area contributed by atoms with Crippen molar-refractivity contribution in [3.63, 3.8) is 0 Å².